The van der Waals surface area contributed by atoms with Crippen LogP contribution in [0.3, 0.4) is 0 Å². The van der Waals surface area contributed by atoms with Gasteiger partial charge >= 0.3 is 0 Å². The van der Waals surface area contributed by atoms with Crippen molar-refractivity contribution in [3.05, 3.63) is 64.8 Å². The van der Waals surface area contributed by atoms with Crippen LogP contribution in [0.2, 0.25) is 5.02 Å². The molecule has 3 rings (SSSR count). The molecule has 3 aromatic rings. The van der Waals surface area contributed by atoms with Crippen molar-refractivity contribution in [2.75, 3.05) is 0 Å². The summed E-state index contributed by atoms with van der Waals surface area (Å²) in [6, 6.07) is 15.1. The van der Waals surface area contributed by atoms with Gasteiger partial charge in [0.15, 0.2) is 12.0 Å². The van der Waals surface area contributed by atoms with Crippen molar-refractivity contribution in [3.63, 3.8) is 0 Å². The lowest BCUT2D eigenvalue weighted by atomic mass is 10.1. The molecule has 0 N–H and O–H groups in total. The Morgan fingerprint density at radius 3 is 2.67 bits per heavy atom. The summed E-state index contributed by atoms with van der Waals surface area (Å²) in [5.41, 5.74) is 3.72. The average molecular weight is 298 g/mol. The molecule has 1 heterocycles. The second kappa shape index (κ2) is 5.50. The summed E-state index contributed by atoms with van der Waals surface area (Å²) < 4.78 is 1.63. The van der Waals surface area contributed by atoms with Crippen molar-refractivity contribution in [1.82, 2.24) is 15.0 Å². The fourth-order valence-corrected chi connectivity index (χ4v) is 2.41. The predicted molar refractivity (Wildman–Crippen MR) is 81.9 cm³/mol. The summed E-state index contributed by atoms with van der Waals surface area (Å²) in [6.07, 6.45) is 0.714. The minimum absolute atomic E-state index is 0.306. The molecule has 0 bridgehead atoms. The third kappa shape index (κ3) is 2.58. The van der Waals surface area contributed by atoms with Gasteiger partial charge in [0.2, 0.25) is 0 Å². The molecular formula is C16H12ClN3O. The zero-order valence-electron chi connectivity index (χ0n) is 11.3. The second-order valence-electron chi connectivity index (χ2n) is 4.70. The van der Waals surface area contributed by atoms with Crippen molar-refractivity contribution >= 4 is 17.9 Å². The minimum atomic E-state index is 0.306. The lowest BCUT2D eigenvalue weighted by Crippen LogP contribution is -2.00. The monoisotopic (exact) mass is 297 g/mol. The Bertz CT molecular complexity index is 811. The first-order valence-corrected chi connectivity index (χ1v) is 6.80. The highest BCUT2D eigenvalue weighted by Crippen LogP contribution is 2.26. The summed E-state index contributed by atoms with van der Waals surface area (Å²) in [5, 5.41) is 8.63. The zero-order chi connectivity index (χ0) is 14.8. The van der Waals surface area contributed by atoms with E-state index in [9.17, 15) is 4.79 Å². The average Bonchev–Trinajstić information content (AvgIpc) is 2.91. The quantitative estimate of drug-likeness (QED) is 0.692. The molecule has 0 atom stereocenters. The number of carbonyl (C=O) groups is 1. The number of rotatable bonds is 3. The van der Waals surface area contributed by atoms with Gasteiger partial charge < -0.3 is 0 Å². The van der Waals surface area contributed by atoms with Crippen LogP contribution in [0, 0.1) is 6.92 Å². The number of aromatic nitrogens is 3. The van der Waals surface area contributed by atoms with E-state index >= 15 is 0 Å². The number of aldehydes is 1. The number of halogens is 1. The van der Waals surface area contributed by atoms with Gasteiger partial charge in [-0.15, -0.1) is 5.10 Å². The van der Waals surface area contributed by atoms with E-state index in [-0.39, 0.29) is 0 Å². The van der Waals surface area contributed by atoms with Crippen LogP contribution in [0.5, 0.6) is 0 Å². The highest BCUT2D eigenvalue weighted by atomic mass is 35.5. The Balaban J connectivity index is 2.24. The number of carbonyl (C=O) groups excluding carboxylic acids is 1. The van der Waals surface area contributed by atoms with Crippen LogP contribution in [-0.4, -0.2) is 21.3 Å². The lowest BCUT2D eigenvalue weighted by molar-refractivity contribution is 0.111. The fraction of sp³-hybridized carbons (Fsp3) is 0.0625. The van der Waals surface area contributed by atoms with E-state index in [0.717, 1.165) is 16.8 Å². The third-order valence-electron chi connectivity index (χ3n) is 3.15. The Kier molecular flexibility index (Phi) is 3.54. The van der Waals surface area contributed by atoms with Gasteiger partial charge in [-0.2, -0.15) is 0 Å². The van der Waals surface area contributed by atoms with Crippen LogP contribution in [0.4, 0.5) is 0 Å². The van der Waals surface area contributed by atoms with Crippen LogP contribution >= 0.6 is 11.6 Å². The van der Waals surface area contributed by atoms with Crippen LogP contribution in [0.1, 0.15) is 16.1 Å². The molecule has 0 amide bonds. The van der Waals surface area contributed by atoms with Gasteiger partial charge in [0.1, 0.15) is 5.69 Å². The van der Waals surface area contributed by atoms with Crippen LogP contribution in [-0.2, 0) is 0 Å². The van der Waals surface area contributed by atoms with E-state index in [1.807, 2.05) is 43.3 Å². The van der Waals surface area contributed by atoms with Crippen LogP contribution in [0.25, 0.3) is 16.9 Å². The summed E-state index contributed by atoms with van der Waals surface area (Å²) in [4.78, 5) is 11.3. The lowest BCUT2D eigenvalue weighted by Gasteiger charge is -2.08. The molecular weight excluding hydrogens is 286 g/mol. The van der Waals surface area contributed by atoms with E-state index in [1.165, 1.54) is 0 Å². The smallest absolute Gasteiger partial charge is 0.172 e. The summed E-state index contributed by atoms with van der Waals surface area (Å²) >= 11 is 6.03. The highest BCUT2D eigenvalue weighted by Gasteiger charge is 2.16. The van der Waals surface area contributed by atoms with Crippen molar-refractivity contribution in [2.45, 2.75) is 6.92 Å². The number of aryl methyl sites for hydroxylation is 1. The van der Waals surface area contributed by atoms with Gasteiger partial charge in [-0.05, 0) is 31.2 Å². The van der Waals surface area contributed by atoms with E-state index in [0.29, 0.717) is 22.7 Å². The van der Waals surface area contributed by atoms with E-state index in [4.69, 9.17) is 11.6 Å². The van der Waals surface area contributed by atoms with Crippen molar-refractivity contribution in [3.8, 4) is 16.9 Å². The van der Waals surface area contributed by atoms with Gasteiger partial charge in [-0.25, -0.2) is 4.68 Å². The summed E-state index contributed by atoms with van der Waals surface area (Å²) in [6.45, 7) is 2.00. The molecule has 104 valence electrons. The van der Waals surface area contributed by atoms with E-state index in [1.54, 1.807) is 16.8 Å². The molecule has 21 heavy (non-hydrogen) atoms. The first-order chi connectivity index (χ1) is 10.2. The van der Waals surface area contributed by atoms with Crippen molar-refractivity contribution in [2.24, 2.45) is 0 Å². The molecule has 5 heteroatoms. The normalized spacial score (nSPS) is 10.6. The topological polar surface area (TPSA) is 47.8 Å². The molecule has 1 aromatic heterocycles. The molecule has 0 spiro atoms. The minimum Gasteiger partial charge on any atom is -0.296 e. The van der Waals surface area contributed by atoms with Gasteiger partial charge in [-0.3, -0.25) is 4.79 Å². The van der Waals surface area contributed by atoms with Gasteiger partial charge in [0, 0.05) is 10.6 Å². The first-order valence-electron chi connectivity index (χ1n) is 6.43. The standard InChI is InChI=1S/C16H12ClN3O/c1-11-4-2-5-12(8-11)16-15(10-21)18-19-20(16)14-7-3-6-13(17)9-14/h2-10H,1H3. The maximum absolute atomic E-state index is 11.3. The largest absolute Gasteiger partial charge is 0.296 e. The third-order valence-corrected chi connectivity index (χ3v) is 3.39. The summed E-state index contributed by atoms with van der Waals surface area (Å²) in [7, 11) is 0. The van der Waals surface area contributed by atoms with Gasteiger partial charge in [0.05, 0.1) is 5.69 Å². The van der Waals surface area contributed by atoms with Crippen LogP contribution in [0.15, 0.2) is 48.5 Å². The van der Waals surface area contributed by atoms with E-state index in [2.05, 4.69) is 10.3 Å². The fourth-order valence-electron chi connectivity index (χ4n) is 2.22. The van der Waals surface area contributed by atoms with Crippen molar-refractivity contribution < 1.29 is 4.79 Å². The van der Waals surface area contributed by atoms with Gasteiger partial charge in [0.25, 0.3) is 0 Å². The SMILES string of the molecule is Cc1cccc(-c2c(C=O)nnn2-c2cccc(Cl)c2)c1. The first kappa shape index (κ1) is 13.5. The molecule has 4 nitrogen and oxygen atoms in total. The number of hydrogen-bond donors (Lipinski definition) is 0. The molecule has 0 aliphatic rings. The molecule has 0 fully saturated rings. The van der Waals surface area contributed by atoms with E-state index < -0.39 is 0 Å². The zero-order valence-corrected chi connectivity index (χ0v) is 12.1. The Morgan fingerprint density at radius 1 is 1.14 bits per heavy atom. The van der Waals surface area contributed by atoms with Gasteiger partial charge in [-0.1, -0.05) is 46.6 Å². The molecule has 0 saturated carbocycles. The molecule has 0 aliphatic carbocycles. The van der Waals surface area contributed by atoms with Crippen LogP contribution < -0.4 is 0 Å². The molecule has 0 saturated heterocycles. The number of hydrogen-bond acceptors (Lipinski definition) is 3. The Morgan fingerprint density at radius 2 is 1.95 bits per heavy atom. The molecule has 0 aliphatic heterocycles. The second-order valence-corrected chi connectivity index (χ2v) is 5.14. The van der Waals surface area contributed by atoms with Crippen molar-refractivity contribution in [1.29, 1.82) is 0 Å². The Hall–Kier alpha value is -2.46. The highest BCUT2D eigenvalue weighted by molar-refractivity contribution is 6.30. The predicted octanol–water partition coefficient (Wildman–Crippen LogP) is 3.71. The maximum Gasteiger partial charge on any atom is 0.172 e. The Labute approximate surface area is 127 Å². The maximum atomic E-state index is 11.3. The molecule has 0 radical (unpaired) electrons. The number of nitrogens with zero attached hydrogens (tertiary/aromatic N) is 3. The number of benzene rings is 2. The molecule has 2 aromatic carbocycles. The molecule has 0 unspecified atom stereocenters. The summed E-state index contributed by atoms with van der Waals surface area (Å²) in [5.74, 6) is 0.